The van der Waals surface area contributed by atoms with Gasteiger partial charge in [-0.05, 0) is 12.5 Å². The maximum atomic E-state index is 12.6. The van der Waals surface area contributed by atoms with Crippen molar-refractivity contribution in [2.45, 2.75) is 12.5 Å². The van der Waals surface area contributed by atoms with E-state index in [0.717, 1.165) is 0 Å². The van der Waals surface area contributed by atoms with Crippen LogP contribution in [0.15, 0.2) is 54.6 Å². The van der Waals surface area contributed by atoms with Gasteiger partial charge in [0.1, 0.15) is 0 Å². The van der Waals surface area contributed by atoms with Crippen molar-refractivity contribution in [1.82, 2.24) is 4.90 Å². The van der Waals surface area contributed by atoms with Crippen LogP contribution >= 0.6 is 0 Å². The maximum Gasteiger partial charge on any atom is 0.254 e. The first-order valence-electron chi connectivity index (χ1n) is 7.33. The quantitative estimate of drug-likeness (QED) is 0.883. The summed E-state index contributed by atoms with van der Waals surface area (Å²) in [5.41, 5.74) is 1.36. The molecule has 1 N–H and O–H groups in total. The van der Waals surface area contributed by atoms with Crippen molar-refractivity contribution in [3.05, 3.63) is 71.3 Å². The fourth-order valence-corrected chi connectivity index (χ4v) is 2.71. The monoisotopic (exact) mass is 295 g/mol. The number of aliphatic hydroxyl groups is 1. The van der Waals surface area contributed by atoms with E-state index >= 15 is 0 Å². The largest absolute Gasteiger partial charge is 0.391 e. The number of amides is 1. The van der Waals surface area contributed by atoms with E-state index in [1.54, 1.807) is 53.4 Å². The molecule has 1 amide bonds. The van der Waals surface area contributed by atoms with Crippen LogP contribution in [0.5, 0.6) is 0 Å². The second kappa shape index (κ2) is 6.12. The number of hydrogen-bond donors (Lipinski definition) is 1. The first kappa shape index (κ1) is 14.5. The van der Waals surface area contributed by atoms with Crippen LogP contribution < -0.4 is 0 Å². The molecule has 0 spiro atoms. The highest BCUT2D eigenvalue weighted by Gasteiger charge is 2.28. The first-order chi connectivity index (χ1) is 10.7. The standard InChI is InChI=1S/C18H17NO3/c20-14-10-11-19(12-14)18(22)16-9-5-4-8-15(16)17(21)13-6-2-1-3-7-13/h1-9,14,20H,10-12H2/t14-/m1/s1. The van der Waals surface area contributed by atoms with E-state index in [-0.39, 0.29) is 11.7 Å². The molecule has 1 aliphatic rings. The Morgan fingerprint density at radius 1 is 0.955 bits per heavy atom. The van der Waals surface area contributed by atoms with Gasteiger partial charge in [-0.15, -0.1) is 0 Å². The minimum absolute atomic E-state index is 0.163. The van der Waals surface area contributed by atoms with Crippen LogP contribution in [0.1, 0.15) is 32.7 Å². The Kier molecular flexibility index (Phi) is 4.02. The Bertz CT molecular complexity index is 696. The summed E-state index contributed by atoms with van der Waals surface area (Å²) in [6.07, 6.45) is 0.113. The van der Waals surface area contributed by atoms with Gasteiger partial charge >= 0.3 is 0 Å². The van der Waals surface area contributed by atoms with Crippen LogP contribution in [0, 0.1) is 0 Å². The fraction of sp³-hybridized carbons (Fsp3) is 0.222. The number of carbonyl (C=O) groups excluding carboxylic acids is 2. The normalized spacial score (nSPS) is 17.5. The van der Waals surface area contributed by atoms with Crippen LogP contribution in [0.2, 0.25) is 0 Å². The van der Waals surface area contributed by atoms with E-state index in [1.165, 1.54) is 0 Å². The Balaban J connectivity index is 1.93. The van der Waals surface area contributed by atoms with Crippen molar-refractivity contribution < 1.29 is 14.7 Å². The third-order valence-electron chi connectivity index (χ3n) is 3.89. The molecule has 4 nitrogen and oxygen atoms in total. The molecule has 22 heavy (non-hydrogen) atoms. The van der Waals surface area contributed by atoms with E-state index in [2.05, 4.69) is 0 Å². The third kappa shape index (κ3) is 2.78. The van der Waals surface area contributed by atoms with Gasteiger partial charge in [0.05, 0.1) is 11.7 Å². The third-order valence-corrected chi connectivity index (χ3v) is 3.89. The van der Waals surface area contributed by atoms with Crippen LogP contribution in [0.25, 0.3) is 0 Å². The maximum absolute atomic E-state index is 12.6. The first-order valence-corrected chi connectivity index (χ1v) is 7.33. The SMILES string of the molecule is O=C(c1ccccc1)c1ccccc1C(=O)N1CC[C@@H](O)C1. The number of benzene rings is 2. The average molecular weight is 295 g/mol. The molecule has 1 atom stereocenters. The smallest absolute Gasteiger partial charge is 0.254 e. The Morgan fingerprint density at radius 3 is 2.23 bits per heavy atom. The molecule has 112 valence electrons. The molecule has 0 radical (unpaired) electrons. The number of β-amino-alcohol motifs (C(OH)–C–C–N with tert-alkyl or cyclic N) is 1. The van der Waals surface area contributed by atoms with Crippen LogP contribution in [0.4, 0.5) is 0 Å². The molecule has 1 fully saturated rings. The van der Waals surface area contributed by atoms with E-state index < -0.39 is 6.10 Å². The topological polar surface area (TPSA) is 57.6 Å². The lowest BCUT2D eigenvalue weighted by molar-refractivity contribution is 0.0761. The number of aliphatic hydroxyl groups excluding tert-OH is 1. The second-order valence-electron chi connectivity index (χ2n) is 5.43. The highest BCUT2D eigenvalue weighted by atomic mass is 16.3. The fourth-order valence-electron chi connectivity index (χ4n) is 2.71. The summed E-state index contributed by atoms with van der Waals surface area (Å²) in [6.45, 7) is 0.848. The molecule has 4 heteroatoms. The van der Waals surface area contributed by atoms with Crippen molar-refractivity contribution in [1.29, 1.82) is 0 Å². The van der Waals surface area contributed by atoms with Crippen molar-refractivity contribution in [2.75, 3.05) is 13.1 Å². The van der Waals surface area contributed by atoms with E-state index in [1.807, 2.05) is 6.07 Å². The van der Waals surface area contributed by atoms with Crippen molar-refractivity contribution >= 4 is 11.7 Å². The number of rotatable bonds is 3. The lowest BCUT2D eigenvalue weighted by Gasteiger charge is -2.17. The molecular weight excluding hydrogens is 278 g/mol. The molecule has 0 bridgehead atoms. The van der Waals surface area contributed by atoms with Gasteiger partial charge in [0.15, 0.2) is 5.78 Å². The zero-order valence-electron chi connectivity index (χ0n) is 12.1. The van der Waals surface area contributed by atoms with Gasteiger partial charge in [0, 0.05) is 24.2 Å². The van der Waals surface area contributed by atoms with Gasteiger partial charge < -0.3 is 10.0 Å². The molecule has 2 aromatic carbocycles. The Morgan fingerprint density at radius 2 is 1.59 bits per heavy atom. The number of likely N-dealkylation sites (tertiary alicyclic amines) is 1. The number of hydrogen-bond acceptors (Lipinski definition) is 3. The number of carbonyl (C=O) groups is 2. The Labute approximate surface area is 129 Å². The molecule has 0 unspecified atom stereocenters. The van der Waals surface area contributed by atoms with E-state index in [0.29, 0.717) is 36.2 Å². The van der Waals surface area contributed by atoms with Crippen molar-refractivity contribution in [3.63, 3.8) is 0 Å². The summed E-state index contributed by atoms with van der Waals surface area (Å²) in [6, 6.07) is 15.8. The van der Waals surface area contributed by atoms with Gasteiger partial charge in [-0.1, -0.05) is 48.5 Å². The molecule has 1 heterocycles. The minimum atomic E-state index is -0.471. The molecule has 0 saturated carbocycles. The predicted octanol–water partition coefficient (Wildman–Crippen LogP) is 2.12. The molecule has 3 rings (SSSR count). The summed E-state index contributed by atoms with van der Waals surface area (Å²) >= 11 is 0. The average Bonchev–Trinajstić information content (AvgIpc) is 3.01. The summed E-state index contributed by atoms with van der Waals surface area (Å²) in [5, 5.41) is 9.59. The molecule has 1 saturated heterocycles. The van der Waals surface area contributed by atoms with Gasteiger partial charge in [0.2, 0.25) is 0 Å². The lowest BCUT2D eigenvalue weighted by Crippen LogP contribution is -2.30. The lowest BCUT2D eigenvalue weighted by atomic mass is 9.97. The zero-order chi connectivity index (χ0) is 15.5. The van der Waals surface area contributed by atoms with Crippen molar-refractivity contribution in [3.8, 4) is 0 Å². The summed E-state index contributed by atoms with van der Waals surface area (Å²) in [5.74, 6) is -0.360. The summed E-state index contributed by atoms with van der Waals surface area (Å²) in [7, 11) is 0. The van der Waals surface area contributed by atoms with Crippen molar-refractivity contribution in [2.24, 2.45) is 0 Å². The van der Waals surface area contributed by atoms with E-state index in [4.69, 9.17) is 0 Å². The molecule has 0 aliphatic carbocycles. The van der Waals surface area contributed by atoms with Gasteiger partial charge in [-0.25, -0.2) is 0 Å². The summed E-state index contributed by atoms with van der Waals surface area (Å²) < 4.78 is 0. The number of ketones is 1. The van der Waals surface area contributed by atoms with Crippen LogP contribution in [-0.4, -0.2) is 40.9 Å². The van der Waals surface area contributed by atoms with Crippen LogP contribution in [-0.2, 0) is 0 Å². The molecular formula is C18H17NO3. The highest BCUT2D eigenvalue weighted by molar-refractivity contribution is 6.15. The highest BCUT2D eigenvalue weighted by Crippen LogP contribution is 2.19. The van der Waals surface area contributed by atoms with E-state index in [9.17, 15) is 14.7 Å². The zero-order valence-corrected chi connectivity index (χ0v) is 12.1. The molecule has 1 aliphatic heterocycles. The van der Waals surface area contributed by atoms with Crippen LogP contribution in [0.3, 0.4) is 0 Å². The molecule has 2 aromatic rings. The van der Waals surface area contributed by atoms with Gasteiger partial charge in [0.25, 0.3) is 5.91 Å². The second-order valence-corrected chi connectivity index (χ2v) is 5.43. The van der Waals surface area contributed by atoms with Gasteiger partial charge in [-0.2, -0.15) is 0 Å². The van der Waals surface area contributed by atoms with Gasteiger partial charge in [-0.3, -0.25) is 9.59 Å². The predicted molar refractivity (Wildman–Crippen MR) is 82.8 cm³/mol. The Hall–Kier alpha value is -2.46. The summed E-state index contributed by atoms with van der Waals surface area (Å²) in [4.78, 5) is 26.8. The number of nitrogens with zero attached hydrogens (tertiary/aromatic N) is 1. The minimum Gasteiger partial charge on any atom is -0.391 e. The molecule has 0 aromatic heterocycles.